The lowest BCUT2D eigenvalue weighted by Crippen LogP contribution is -2.01. The van der Waals surface area contributed by atoms with Crippen LogP contribution < -0.4 is 0 Å². The summed E-state index contributed by atoms with van der Waals surface area (Å²) in [6, 6.07) is 3.28. The molecule has 1 rings (SSSR count). The second-order valence-corrected chi connectivity index (χ2v) is 3.92. The first-order chi connectivity index (χ1) is 6.59. The molecule has 0 radical (unpaired) electrons. The van der Waals surface area contributed by atoms with Crippen molar-refractivity contribution in [3.05, 3.63) is 29.6 Å². The van der Waals surface area contributed by atoms with Crippen molar-refractivity contribution < 1.29 is 9.90 Å². The molecule has 0 fully saturated rings. The number of carbonyl (C=O) groups is 1. The predicted octanol–water partition coefficient (Wildman–Crippen LogP) is 2.34. The molecule has 1 N–H and O–H groups in total. The highest BCUT2D eigenvalue weighted by molar-refractivity contribution is 6.20. The highest BCUT2D eigenvalue weighted by atomic mass is 35.5. The maximum atomic E-state index is 10.5. The third kappa shape index (κ3) is 3.34. The van der Waals surface area contributed by atoms with Gasteiger partial charge in [0, 0.05) is 11.6 Å². The van der Waals surface area contributed by atoms with E-state index in [4.69, 9.17) is 16.7 Å². The average Bonchev–Trinajstić information content (AvgIpc) is 2.15. The molecule has 4 heteroatoms. The molecular weight excluding hydrogens is 202 g/mol. The van der Waals surface area contributed by atoms with E-state index in [2.05, 4.69) is 4.98 Å². The summed E-state index contributed by atoms with van der Waals surface area (Å²) in [6.07, 6.45) is 3.29. The van der Waals surface area contributed by atoms with Crippen LogP contribution in [0.1, 0.15) is 29.4 Å². The van der Waals surface area contributed by atoms with E-state index in [1.165, 1.54) is 6.07 Å². The number of pyridine rings is 1. The molecule has 0 amide bonds. The highest BCUT2D eigenvalue weighted by Crippen LogP contribution is 2.08. The Morgan fingerprint density at radius 1 is 1.64 bits per heavy atom. The molecule has 1 unspecified atom stereocenters. The van der Waals surface area contributed by atoms with Gasteiger partial charge in [-0.15, -0.1) is 11.6 Å². The maximum Gasteiger partial charge on any atom is 0.354 e. The van der Waals surface area contributed by atoms with Crippen LogP contribution in [0.2, 0.25) is 0 Å². The number of aromatic carboxylic acids is 1. The van der Waals surface area contributed by atoms with Gasteiger partial charge >= 0.3 is 5.97 Å². The van der Waals surface area contributed by atoms with Crippen LogP contribution in [0.25, 0.3) is 0 Å². The zero-order chi connectivity index (χ0) is 10.6. The Hall–Kier alpha value is -1.09. The van der Waals surface area contributed by atoms with Gasteiger partial charge < -0.3 is 5.11 Å². The smallest absolute Gasteiger partial charge is 0.354 e. The number of halogens is 1. The molecule has 0 saturated carbocycles. The molecule has 0 spiro atoms. The first-order valence-electron chi connectivity index (χ1n) is 4.42. The molecule has 0 aliphatic carbocycles. The van der Waals surface area contributed by atoms with E-state index in [1.807, 2.05) is 6.92 Å². The Bertz CT molecular complexity index is 308. The Balaban J connectivity index is 2.60. The van der Waals surface area contributed by atoms with Crippen molar-refractivity contribution in [1.82, 2.24) is 4.98 Å². The number of aromatic nitrogens is 1. The zero-order valence-corrected chi connectivity index (χ0v) is 8.66. The van der Waals surface area contributed by atoms with Gasteiger partial charge in [0.1, 0.15) is 5.69 Å². The lowest BCUT2D eigenvalue weighted by molar-refractivity contribution is 0.0690. The fourth-order valence-corrected chi connectivity index (χ4v) is 1.17. The molecule has 1 aromatic rings. The van der Waals surface area contributed by atoms with Crippen LogP contribution >= 0.6 is 11.6 Å². The summed E-state index contributed by atoms with van der Waals surface area (Å²) in [5.74, 6) is -0.998. The van der Waals surface area contributed by atoms with Crippen LogP contribution in [0, 0.1) is 0 Å². The van der Waals surface area contributed by atoms with Gasteiger partial charge in [-0.05, 0) is 31.4 Å². The Morgan fingerprint density at radius 2 is 2.36 bits per heavy atom. The summed E-state index contributed by atoms with van der Waals surface area (Å²) in [5.41, 5.74) is 1.09. The van der Waals surface area contributed by atoms with Gasteiger partial charge in [0.25, 0.3) is 0 Å². The van der Waals surface area contributed by atoms with Crippen molar-refractivity contribution in [2.75, 3.05) is 0 Å². The fourth-order valence-electron chi connectivity index (χ4n) is 1.06. The standard InChI is InChI=1S/C10H12ClNO2/c1-7(11)2-3-8-4-5-9(10(13)14)12-6-8/h4-7H,2-3H2,1H3,(H,13,14). The molecule has 0 saturated heterocycles. The Kier molecular flexibility index (Phi) is 3.89. The van der Waals surface area contributed by atoms with Gasteiger partial charge in [-0.1, -0.05) is 6.07 Å². The summed E-state index contributed by atoms with van der Waals surface area (Å²) in [5, 5.41) is 8.74. The van der Waals surface area contributed by atoms with E-state index < -0.39 is 5.97 Å². The lowest BCUT2D eigenvalue weighted by Gasteiger charge is -2.02. The minimum absolute atomic E-state index is 0.0765. The van der Waals surface area contributed by atoms with Crippen LogP contribution in [0.15, 0.2) is 18.3 Å². The average molecular weight is 214 g/mol. The molecule has 0 aromatic carbocycles. The molecule has 1 aromatic heterocycles. The van der Waals surface area contributed by atoms with Crippen LogP contribution in [0.4, 0.5) is 0 Å². The molecular formula is C10H12ClNO2. The topological polar surface area (TPSA) is 50.2 Å². The number of nitrogens with zero attached hydrogens (tertiary/aromatic N) is 1. The quantitative estimate of drug-likeness (QED) is 0.782. The SMILES string of the molecule is CC(Cl)CCc1ccc(C(=O)O)nc1. The molecule has 0 aliphatic heterocycles. The summed E-state index contributed by atoms with van der Waals surface area (Å²) in [6.45, 7) is 1.93. The second kappa shape index (κ2) is 4.96. The van der Waals surface area contributed by atoms with Crippen LogP contribution in [-0.4, -0.2) is 21.4 Å². The maximum absolute atomic E-state index is 10.5. The third-order valence-corrected chi connectivity index (χ3v) is 2.09. The van der Waals surface area contributed by atoms with Gasteiger partial charge in [-0.2, -0.15) is 0 Å². The lowest BCUT2D eigenvalue weighted by atomic mass is 10.1. The summed E-state index contributed by atoms with van der Waals surface area (Å²) >= 11 is 5.79. The van der Waals surface area contributed by atoms with Crippen LogP contribution in [-0.2, 0) is 6.42 Å². The summed E-state index contributed by atoms with van der Waals surface area (Å²) < 4.78 is 0. The predicted molar refractivity (Wildman–Crippen MR) is 54.8 cm³/mol. The third-order valence-electron chi connectivity index (χ3n) is 1.87. The molecule has 0 bridgehead atoms. The van der Waals surface area contributed by atoms with E-state index in [0.717, 1.165) is 18.4 Å². The molecule has 1 heterocycles. The first-order valence-corrected chi connectivity index (χ1v) is 4.85. The van der Waals surface area contributed by atoms with Crippen molar-refractivity contribution >= 4 is 17.6 Å². The molecule has 3 nitrogen and oxygen atoms in total. The van der Waals surface area contributed by atoms with Crippen molar-refractivity contribution in [2.45, 2.75) is 25.1 Å². The normalized spacial score (nSPS) is 12.4. The summed E-state index contributed by atoms with van der Waals surface area (Å²) in [7, 11) is 0. The number of alkyl halides is 1. The molecule has 0 aliphatic rings. The Morgan fingerprint density at radius 3 is 2.79 bits per heavy atom. The van der Waals surface area contributed by atoms with Crippen LogP contribution in [0.5, 0.6) is 0 Å². The zero-order valence-electron chi connectivity index (χ0n) is 7.90. The van der Waals surface area contributed by atoms with Gasteiger partial charge in [-0.25, -0.2) is 9.78 Å². The van der Waals surface area contributed by atoms with Gasteiger partial charge in [-0.3, -0.25) is 0 Å². The van der Waals surface area contributed by atoms with Crippen molar-refractivity contribution in [3.63, 3.8) is 0 Å². The van der Waals surface area contributed by atoms with Gasteiger partial charge in [0.05, 0.1) is 0 Å². The number of carboxylic acid groups (broad SMARTS) is 1. The highest BCUT2D eigenvalue weighted by Gasteiger charge is 2.04. The molecule has 76 valence electrons. The fraction of sp³-hybridized carbons (Fsp3) is 0.400. The van der Waals surface area contributed by atoms with E-state index >= 15 is 0 Å². The first kappa shape index (κ1) is 11.0. The van der Waals surface area contributed by atoms with Crippen molar-refractivity contribution in [3.8, 4) is 0 Å². The molecule has 14 heavy (non-hydrogen) atoms. The number of rotatable bonds is 4. The van der Waals surface area contributed by atoms with E-state index in [1.54, 1.807) is 12.3 Å². The van der Waals surface area contributed by atoms with E-state index in [0.29, 0.717) is 0 Å². The second-order valence-electron chi connectivity index (χ2n) is 3.18. The number of carboxylic acids is 1. The van der Waals surface area contributed by atoms with E-state index in [9.17, 15) is 4.79 Å². The number of hydrogen-bond donors (Lipinski definition) is 1. The number of hydrogen-bond acceptors (Lipinski definition) is 2. The Labute approximate surface area is 87.7 Å². The minimum atomic E-state index is -0.998. The molecule has 1 atom stereocenters. The monoisotopic (exact) mass is 213 g/mol. The van der Waals surface area contributed by atoms with E-state index in [-0.39, 0.29) is 11.1 Å². The van der Waals surface area contributed by atoms with Crippen molar-refractivity contribution in [1.29, 1.82) is 0 Å². The van der Waals surface area contributed by atoms with Crippen molar-refractivity contribution in [2.24, 2.45) is 0 Å². The number of aryl methyl sites for hydroxylation is 1. The van der Waals surface area contributed by atoms with Gasteiger partial charge in [0.2, 0.25) is 0 Å². The minimum Gasteiger partial charge on any atom is -0.477 e. The van der Waals surface area contributed by atoms with Crippen LogP contribution in [0.3, 0.4) is 0 Å². The largest absolute Gasteiger partial charge is 0.477 e. The van der Waals surface area contributed by atoms with Gasteiger partial charge in [0.15, 0.2) is 0 Å². The summed E-state index contributed by atoms with van der Waals surface area (Å²) in [4.78, 5) is 14.3.